The first-order valence-electron chi connectivity index (χ1n) is 6.21. The van der Waals surface area contributed by atoms with Crippen molar-refractivity contribution in [3.05, 3.63) is 66.1 Å². The Bertz CT molecular complexity index is 363. The quantitative estimate of drug-likeness (QED) is 0.374. The van der Waals surface area contributed by atoms with Crippen molar-refractivity contribution in [2.24, 2.45) is 5.73 Å². The summed E-state index contributed by atoms with van der Waals surface area (Å²) in [6.45, 7) is 1.40. The molecule has 0 radical (unpaired) electrons. The van der Waals surface area contributed by atoms with Crippen molar-refractivity contribution in [1.82, 2.24) is 5.32 Å². The van der Waals surface area contributed by atoms with E-state index >= 15 is 0 Å². The molecule has 1 aliphatic rings. The van der Waals surface area contributed by atoms with Gasteiger partial charge in [-0.15, -0.1) is 0 Å². The van der Waals surface area contributed by atoms with Crippen LogP contribution in [0.25, 0.3) is 0 Å². The van der Waals surface area contributed by atoms with Gasteiger partial charge in [-0.3, -0.25) is 0 Å². The predicted octanol–water partition coefficient (Wildman–Crippen LogP) is 1.42. The zero-order valence-electron chi connectivity index (χ0n) is 10.9. The Balaban J connectivity index is 0.000000454. The largest absolute Gasteiger partial charge is 2.00 e. The molecule has 0 saturated heterocycles. The summed E-state index contributed by atoms with van der Waals surface area (Å²) in [6.07, 6.45) is 9.23. The van der Waals surface area contributed by atoms with E-state index in [-0.39, 0.29) is 23.0 Å². The average Bonchev–Trinajstić information content (AvgIpc) is 3.09. The van der Waals surface area contributed by atoms with Crippen LogP contribution in [-0.2, 0) is 17.1 Å². The molecule has 0 bridgehead atoms. The van der Waals surface area contributed by atoms with Gasteiger partial charge in [-0.1, -0.05) is 24.3 Å². The fourth-order valence-electron chi connectivity index (χ4n) is 1.42. The molecule has 1 aliphatic carbocycles. The van der Waals surface area contributed by atoms with Crippen LogP contribution in [-0.4, -0.2) is 13.1 Å². The van der Waals surface area contributed by atoms with E-state index in [0.29, 0.717) is 13.1 Å². The summed E-state index contributed by atoms with van der Waals surface area (Å²) in [7, 11) is 0. The van der Waals surface area contributed by atoms with Gasteiger partial charge < -0.3 is 16.2 Å². The van der Waals surface area contributed by atoms with Gasteiger partial charge in [0.1, 0.15) is 0 Å². The Morgan fingerprint density at radius 3 is 2.26 bits per heavy atom. The monoisotopic (exact) mass is 300 g/mol. The minimum Gasteiger partial charge on any atom is -0.860 e. The Hall–Kier alpha value is -1.35. The first-order valence-corrected chi connectivity index (χ1v) is 6.21. The van der Waals surface area contributed by atoms with Gasteiger partial charge in [-0.25, -0.2) is 12.1 Å². The summed E-state index contributed by atoms with van der Waals surface area (Å²) in [5.74, 6) is 0.00187. The standard InChI is InChI=1S/C10H16N2O.C5H5.Fe/c11-7-3-4-8-12-10(13)9-5-1-2-6-9;1-2-4-5-3-1;/h1-2,5-6,12-13H,3-4,7-8,11H2;1-5H;/q;-1;+2/p-1. The third-order valence-corrected chi connectivity index (χ3v) is 2.40. The van der Waals surface area contributed by atoms with Crippen molar-refractivity contribution >= 4 is 0 Å². The molecule has 19 heavy (non-hydrogen) atoms. The van der Waals surface area contributed by atoms with Crippen molar-refractivity contribution in [3.8, 4) is 0 Å². The number of hydrogen-bond donors (Lipinski definition) is 2. The number of hydrogen-bond acceptors (Lipinski definition) is 3. The fraction of sp³-hybridized carbons (Fsp3) is 0.267. The van der Waals surface area contributed by atoms with Crippen LogP contribution in [0, 0.1) is 0 Å². The molecule has 4 heteroatoms. The van der Waals surface area contributed by atoms with E-state index in [0.717, 1.165) is 18.4 Å². The molecule has 0 amide bonds. The SMILES string of the molecule is NCCCCNC([O-])=C1C=CC=C1.[Fe+2].c1cc[cH-]c1. The number of allylic oxidation sites excluding steroid dienone is 5. The van der Waals surface area contributed by atoms with E-state index in [1.165, 1.54) is 0 Å². The van der Waals surface area contributed by atoms with Crippen molar-refractivity contribution in [1.29, 1.82) is 0 Å². The number of nitrogens with two attached hydrogens (primary N) is 1. The van der Waals surface area contributed by atoms with E-state index in [2.05, 4.69) is 5.32 Å². The number of nitrogens with one attached hydrogen (secondary N) is 1. The molecule has 1 aromatic carbocycles. The van der Waals surface area contributed by atoms with Crippen LogP contribution in [0.2, 0.25) is 0 Å². The van der Waals surface area contributed by atoms with Crippen molar-refractivity contribution in [3.63, 3.8) is 0 Å². The zero-order valence-corrected chi connectivity index (χ0v) is 12.0. The molecule has 2 rings (SSSR count). The summed E-state index contributed by atoms with van der Waals surface area (Å²) >= 11 is 0. The molecule has 0 unspecified atom stereocenters. The molecule has 3 nitrogen and oxygen atoms in total. The van der Waals surface area contributed by atoms with Crippen molar-refractivity contribution in [2.45, 2.75) is 12.8 Å². The maximum atomic E-state index is 11.3. The molecule has 0 heterocycles. The van der Waals surface area contributed by atoms with Gasteiger partial charge in [-0.2, -0.15) is 18.2 Å². The molecule has 1 aromatic rings. The Labute approximate surface area is 125 Å². The first-order chi connectivity index (χ1) is 8.84. The summed E-state index contributed by atoms with van der Waals surface area (Å²) in [4.78, 5) is 0. The Morgan fingerprint density at radius 2 is 1.79 bits per heavy atom. The summed E-state index contributed by atoms with van der Waals surface area (Å²) in [5, 5.41) is 14.2. The van der Waals surface area contributed by atoms with Gasteiger partial charge >= 0.3 is 17.1 Å². The van der Waals surface area contributed by atoms with Gasteiger partial charge in [0.2, 0.25) is 0 Å². The van der Waals surface area contributed by atoms with Gasteiger partial charge in [0.25, 0.3) is 0 Å². The predicted molar refractivity (Wildman–Crippen MR) is 73.6 cm³/mol. The third kappa shape index (κ3) is 8.38. The van der Waals surface area contributed by atoms with Crippen molar-refractivity contribution in [2.75, 3.05) is 13.1 Å². The molecule has 0 aliphatic heterocycles. The van der Waals surface area contributed by atoms with Crippen LogP contribution in [0.3, 0.4) is 0 Å². The summed E-state index contributed by atoms with van der Waals surface area (Å²) in [5.41, 5.74) is 6.06. The summed E-state index contributed by atoms with van der Waals surface area (Å²) in [6, 6.07) is 10.0. The number of unbranched alkanes of at least 4 members (excludes halogenated alkanes) is 1. The van der Waals surface area contributed by atoms with Crippen LogP contribution < -0.4 is 16.2 Å². The van der Waals surface area contributed by atoms with Crippen molar-refractivity contribution < 1.29 is 22.2 Å². The molecule has 0 aromatic heterocycles. The average molecular weight is 300 g/mol. The minimum atomic E-state index is 0. The first kappa shape index (κ1) is 17.6. The van der Waals surface area contributed by atoms with E-state index in [1.807, 2.05) is 42.5 Å². The fourth-order valence-corrected chi connectivity index (χ4v) is 1.42. The van der Waals surface area contributed by atoms with Gasteiger partial charge in [0.05, 0.1) is 0 Å². The van der Waals surface area contributed by atoms with E-state index in [1.54, 1.807) is 12.2 Å². The van der Waals surface area contributed by atoms with E-state index in [4.69, 9.17) is 5.73 Å². The Morgan fingerprint density at radius 1 is 1.16 bits per heavy atom. The molecular formula is C15H20FeN2O. The molecule has 0 fully saturated rings. The third-order valence-electron chi connectivity index (χ3n) is 2.40. The Kier molecular flexibility index (Phi) is 10.9. The summed E-state index contributed by atoms with van der Waals surface area (Å²) < 4.78 is 0. The van der Waals surface area contributed by atoms with Gasteiger partial charge in [-0.05, 0) is 30.8 Å². The van der Waals surface area contributed by atoms with E-state index < -0.39 is 0 Å². The molecular weight excluding hydrogens is 280 g/mol. The van der Waals surface area contributed by atoms with Crippen LogP contribution >= 0.6 is 0 Å². The maximum Gasteiger partial charge on any atom is 2.00 e. The normalized spacial score (nSPS) is 11.5. The molecule has 0 saturated carbocycles. The zero-order chi connectivity index (χ0) is 13.1. The minimum absolute atomic E-state index is 0. The second kappa shape index (κ2) is 11.7. The topological polar surface area (TPSA) is 61.1 Å². The van der Waals surface area contributed by atoms with Gasteiger partial charge in [0, 0.05) is 6.54 Å². The molecule has 0 atom stereocenters. The smallest absolute Gasteiger partial charge is 0.860 e. The van der Waals surface area contributed by atoms with Gasteiger partial charge in [0.15, 0.2) is 0 Å². The van der Waals surface area contributed by atoms with Crippen LogP contribution in [0.1, 0.15) is 12.8 Å². The van der Waals surface area contributed by atoms with Crippen LogP contribution in [0.5, 0.6) is 0 Å². The number of rotatable bonds is 5. The molecule has 104 valence electrons. The maximum absolute atomic E-state index is 11.3. The molecule has 3 N–H and O–H groups in total. The van der Waals surface area contributed by atoms with Crippen LogP contribution in [0.4, 0.5) is 0 Å². The van der Waals surface area contributed by atoms with E-state index in [9.17, 15) is 5.11 Å². The second-order valence-electron chi connectivity index (χ2n) is 3.89. The van der Waals surface area contributed by atoms with Crippen LogP contribution in [0.15, 0.2) is 66.1 Å². The molecule has 0 spiro atoms. The second-order valence-corrected chi connectivity index (χ2v) is 3.89.